The quantitative estimate of drug-likeness (QED) is 0.732. The Balaban J connectivity index is 1.83. The summed E-state index contributed by atoms with van der Waals surface area (Å²) in [5.41, 5.74) is 0.312. The second kappa shape index (κ2) is 6.40. The van der Waals surface area contributed by atoms with Crippen molar-refractivity contribution < 1.29 is 19.5 Å². The van der Waals surface area contributed by atoms with E-state index < -0.39 is 17.8 Å². The highest BCUT2D eigenvalue weighted by atomic mass is 32.2. The van der Waals surface area contributed by atoms with Crippen LogP contribution in [0.5, 0.6) is 0 Å². The Kier molecular flexibility index (Phi) is 4.59. The van der Waals surface area contributed by atoms with Crippen molar-refractivity contribution in [3.63, 3.8) is 0 Å². The van der Waals surface area contributed by atoms with Crippen LogP contribution in [-0.2, 0) is 4.79 Å². The van der Waals surface area contributed by atoms with Crippen LogP contribution in [0.25, 0.3) is 0 Å². The molecule has 2 heterocycles. The Bertz CT molecular complexity index is 634. The smallest absolute Gasteiger partial charge is 0.345 e. The minimum atomic E-state index is -0.992. The molecule has 0 aliphatic rings. The molecule has 0 saturated heterocycles. The van der Waals surface area contributed by atoms with E-state index in [1.54, 1.807) is 23.7 Å². The Morgan fingerprint density at radius 1 is 1.40 bits per heavy atom. The van der Waals surface area contributed by atoms with Gasteiger partial charge in [0.2, 0.25) is 5.91 Å². The van der Waals surface area contributed by atoms with Crippen molar-refractivity contribution in [2.45, 2.75) is 4.90 Å². The summed E-state index contributed by atoms with van der Waals surface area (Å²) in [7, 11) is 0. The summed E-state index contributed by atoms with van der Waals surface area (Å²) in [4.78, 5) is 37.5. The summed E-state index contributed by atoms with van der Waals surface area (Å²) in [5.74, 6) is -1.87. The van der Waals surface area contributed by atoms with Crippen molar-refractivity contribution in [2.24, 2.45) is 0 Å². The molecule has 2 amide bonds. The van der Waals surface area contributed by atoms with Gasteiger partial charge in [-0.25, -0.2) is 4.79 Å². The number of aromatic nitrogens is 1. The number of amides is 2. The van der Waals surface area contributed by atoms with Gasteiger partial charge in [-0.05, 0) is 18.2 Å². The second-order valence-electron chi connectivity index (χ2n) is 3.70. The van der Waals surface area contributed by atoms with Crippen molar-refractivity contribution in [3.05, 3.63) is 40.3 Å². The number of carbonyl (C=O) groups excluding carboxylic acids is 2. The predicted molar refractivity (Wildman–Crippen MR) is 75.3 cm³/mol. The van der Waals surface area contributed by atoms with E-state index in [0.29, 0.717) is 10.6 Å². The van der Waals surface area contributed by atoms with Crippen LogP contribution in [0.2, 0.25) is 0 Å². The number of hydrogen-bond donors (Lipinski definition) is 3. The minimum absolute atomic E-state index is 0.0439. The van der Waals surface area contributed by atoms with Crippen LogP contribution < -0.4 is 5.32 Å². The van der Waals surface area contributed by atoms with Gasteiger partial charge in [-0.2, -0.15) is 0 Å². The van der Waals surface area contributed by atoms with Gasteiger partial charge in [0.05, 0.1) is 5.75 Å². The van der Waals surface area contributed by atoms with E-state index in [9.17, 15) is 14.4 Å². The number of aromatic amines is 1. The predicted octanol–water partition coefficient (Wildman–Crippen LogP) is 1.82. The highest BCUT2D eigenvalue weighted by Crippen LogP contribution is 2.24. The van der Waals surface area contributed by atoms with E-state index in [1.807, 2.05) is 0 Å². The van der Waals surface area contributed by atoms with Gasteiger partial charge in [0.25, 0.3) is 5.91 Å². The molecule has 20 heavy (non-hydrogen) atoms. The molecule has 0 radical (unpaired) electrons. The van der Waals surface area contributed by atoms with Crippen LogP contribution >= 0.6 is 23.1 Å². The summed E-state index contributed by atoms with van der Waals surface area (Å²) in [6.45, 7) is 0. The van der Waals surface area contributed by atoms with Crippen LogP contribution in [0.4, 0.5) is 0 Å². The number of thiophene rings is 1. The average molecular weight is 310 g/mol. The standard InChI is InChI=1S/C12H10N2O4S2/c15-10(14-11(16)8-2-1-3-13-8)6-19-7-4-9(12(17)18)20-5-7/h1-5,13H,6H2,(H,17,18)(H,14,15,16). The average Bonchev–Trinajstić information content (AvgIpc) is 3.07. The normalized spacial score (nSPS) is 10.2. The summed E-state index contributed by atoms with van der Waals surface area (Å²) < 4.78 is 0. The SMILES string of the molecule is O=C(CSc1csc(C(=O)O)c1)NC(=O)c1ccc[nH]1. The van der Waals surface area contributed by atoms with E-state index in [0.717, 1.165) is 11.3 Å². The molecule has 8 heteroatoms. The molecule has 0 saturated carbocycles. The lowest BCUT2D eigenvalue weighted by Crippen LogP contribution is -2.31. The van der Waals surface area contributed by atoms with E-state index in [1.165, 1.54) is 17.8 Å². The molecule has 2 aromatic heterocycles. The van der Waals surface area contributed by atoms with Crippen molar-refractivity contribution in [3.8, 4) is 0 Å². The Labute approximate surface area is 122 Å². The van der Waals surface area contributed by atoms with Crippen LogP contribution in [0.1, 0.15) is 20.2 Å². The van der Waals surface area contributed by atoms with Crippen LogP contribution in [0.3, 0.4) is 0 Å². The first-order valence-electron chi connectivity index (χ1n) is 5.48. The van der Waals surface area contributed by atoms with E-state index in [2.05, 4.69) is 10.3 Å². The van der Waals surface area contributed by atoms with Gasteiger partial charge in [-0.15, -0.1) is 23.1 Å². The van der Waals surface area contributed by atoms with Crippen molar-refractivity contribution in [2.75, 3.05) is 5.75 Å². The molecule has 0 bridgehead atoms. The number of carboxylic acid groups (broad SMARTS) is 1. The lowest BCUT2D eigenvalue weighted by molar-refractivity contribution is -0.117. The maximum Gasteiger partial charge on any atom is 0.345 e. The van der Waals surface area contributed by atoms with E-state index in [-0.39, 0.29) is 10.6 Å². The van der Waals surface area contributed by atoms with Gasteiger partial charge in [0.15, 0.2) is 0 Å². The van der Waals surface area contributed by atoms with Gasteiger partial charge in [0, 0.05) is 16.5 Å². The Hall–Kier alpha value is -2.06. The Morgan fingerprint density at radius 3 is 2.80 bits per heavy atom. The monoisotopic (exact) mass is 310 g/mol. The third kappa shape index (κ3) is 3.72. The van der Waals surface area contributed by atoms with E-state index in [4.69, 9.17) is 5.11 Å². The number of carbonyl (C=O) groups is 3. The third-order valence-corrected chi connectivity index (χ3v) is 4.29. The number of carboxylic acids is 1. The van der Waals surface area contributed by atoms with Crippen LogP contribution in [0.15, 0.2) is 34.7 Å². The van der Waals surface area contributed by atoms with Gasteiger partial charge < -0.3 is 10.1 Å². The highest BCUT2D eigenvalue weighted by molar-refractivity contribution is 8.00. The first kappa shape index (κ1) is 14.4. The molecule has 0 aromatic carbocycles. The number of imide groups is 1. The topological polar surface area (TPSA) is 99.3 Å². The summed E-state index contributed by atoms with van der Waals surface area (Å²) >= 11 is 2.28. The molecule has 6 nitrogen and oxygen atoms in total. The zero-order chi connectivity index (χ0) is 14.5. The lowest BCUT2D eigenvalue weighted by Gasteiger charge is -2.01. The number of thioether (sulfide) groups is 1. The van der Waals surface area contributed by atoms with Crippen molar-refractivity contribution in [1.29, 1.82) is 0 Å². The molecule has 0 aliphatic heterocycles. The molecule has 104 valence electrons. The number of rotatable bonds is 5. The summed E-state index contributed by atoms with van der Waals surface area (Å²) in [5, 5.41) is 12.7. The molecular weight excluding hydrogens is 300 g/mol. The zero-order valence-corrected chi connectivity index (χ0v) is 11.7. The molecule has 0 atom stereocenters. The maximum atomic E-state index is 11.6. The van der Waals surface area contributed by atoms with Crippen LogP contribution in [0, 0.1) is 0 Å². The van der Waals surface area contributed by atoms with Crippen LogP contribution in [-0.4, -0.2) is 33.6 Å². The van der Waals surface area contributed by atoms with Gasteiger partial charge in [-0.1, -0.05) is 0 Å². The molecule has 2 rings (SSSR count). The first-order valence-corrected chi connectivity index (χ1v) is 7.35. The van der Waals surface area contributed by atoms with Gasteiger partial charge >= 0.3 is 5.97 Å². The summed E-state index contributed by atoms with van der Waals surface area (Å²) in [6.07, 6.45) is 1.59. The second-order valence-corrected chi connectivity index (χ2v) is 5.66. The largest absolute Gasteiger partial charge is 0.477 e. The first-order chi connectivity index (χ1) is 9.56. The maximum absolute atomic E-state index is 11.6. The minimum Gasteiger partial charge on any atom is -0.477 e. The molecule has 0 fully saturated rings. The zero-order valence-electron chi connectivity index (χ0n) is 10.1. The molecule has 2 aromatic rings. The molecule has 0 spiro atoms. The fourth-order valence-corrected chi connectivity index (χ4v) is 3.03. The number of aromatic carboxylic acids is 1. The van der Waals surface area contributed by atoms with Gasteiger partial charge in [-0.3, -0.25) is 14.9 Å². The van der Waals surface area contributed by atoms with Gasteiger partial charge in [0.1, 0.15) is 10.6 Å². The van der Waals surface area contributed by atoms with Crippen molar-refractivity contribution >= 4 is 40.9 Å². The Morgan fingerprint density at radius 2 is 2.20 bits per heavy atom. The fraction of sp³-hybridized carbons (Fsp3) is 0.0833. The number of nitrogens with one attached hydrogen (secondary N) is 2. The molecule has 0 aliphatic carbocycles. The molecular formula is C12H10N2O4S2. The number of hydrogen-bond acceptors (Lipinski definition) is 5. The van der Waals surface area contributed by atoms with Crippen molar-refractivity contribution in [1.82, 2.24) is 10.3 Å². The third-order valence-electron chi connectivity index (χ3n) is 2.25. The lowest BCUT2D eigenvalue weighted by atomic mass is 10.4. The molecule has 3 N–H and O–H groups in total. The number of H-pyrrole nitrogens is 1. The van der Waals surface area contributed by atoms with E-state index >= 15 is 0 Å². The highest BCUT2D eigenvalue weighted by Gasteiger charge is 2.12. The summed E-state index contributed by atoms with van der Waals surface area (Å²) in [6, 6.07) is 4.72. The molecule has 0 unspecified atom stereocenters. The fourth-order valence-electron chi connectivity index (χ4n) is 1.36.